The molecule has 3 heterocycles. The third kappa shape index (κ3) is 3.10. The lowest BCUT2D eigenvalue weighted by Crippen LogP contribution is -2.49. The van der Waals surface area contributed by atoms with Crippen molar-refractivity contribution in [3.05, 3.63) is 69.6 Å². The van der Waals surface area contributed by atoms with E-state index in [1.54, 1.807) is 22.5 Å². The predicted octanol–water partition coefficient (Wildman–Crippen LogP) is 1.03. The number of pyridine rings is 1. The number of benzene rings is 1. The summed E-state index contributed by atoms with van der Waals surface area (Å²) in [4.78, 5) is 40.7. The van der Waals surface area contributed by atoms with Crippen LogP contribution in [0.2, 0.25) is 0 Å². The number of nitrogens with one attached hydrogen (secondary N) is 1. The van der Waals surface area contributed by atoms with Gasteiger partial charge in [-0.1, -0.05) is 37.3 Å². The average molecular weight is 421 g/mol. The van der Waals surface area contributed by atoms with Crippen molar-refractivity contribution in [3.63, 3.8) is 0 Å². The van der Waals surface area contributed by atoms with E-state index in [0.717, 1.165) is 12.8 Å². The summed E-state index contributed by atoms with van der Waals surface area (Å²) < 4.78 is 1.66. The lowest BCUT2D eigenvalue weighted by Gasteiger charge is -2.38. The summed E-state index contributed by atoms with van der Waals surface area (Å²) in [6.45, 7) is 1.90. The van der Waals surface area contributed by atoms with Crippen LogP contribution >= 0.6 is 0 Å². The molecule has 2 bridgehead atoms. The van der Waals surface area contributed by atoms with Crippen LogP contribution < -0.4 is 10.9 Å². The zero-order valence-electron chi connectivity index (χ0n) is 17.5. The minimum atomic E-state index is -0.593. The fraction of sp³-hybridized carbons (Fsp3) is 0.458. The van der Waals surface area contributed by atoms with Crippen molar-refractivity contribution in [3.8, 4) is 0 Å². The largest absolute Gasteiger partial charge is 0.396 e. The SMILES string of the molecule is CCC(=O)N1[C@@H]2c3cccc(=O)n3C[C@H]1[C@H](CO)[C@H]2C(=O)NC1Cc2ccccc2C1. The van der Waals surface area contributed by atoms with E-state index in [-0.39, 0.29) is 36.1 Å². The van der Waals surface area contributed by atoms with Gasteiger partial charge in [0, 0.05) is 43.3 Å². The highest BCUT2D eigenvalue weighted by Gasteiger charge is 2.57. The van der Waals surface area contributed by atoms with Crippen molar-refractivity contribution in [2.75, 3.05) is 6.61 Å². The molecule has 1 saturated heterocycles. The minimum Gasteiger partial charge on any atom is -0.396 e. The second-order valence-electron chi connectivity index (χ2n) is 8.82. The molecular formula is C24H27N3O4. The van der Waals surface area contributed by atoms with Crippen LogP contribution in [0.15, 0.2) is 47.3 Å². The second kappa shape index (κ2) is 7.64. The van der Waals surface area contributed by atoms with Crippen LogP contribution in [0.4, 0.5) is 0 Å². The number of hydrogen-bond donors (Lipinski definition) is 2. The predicted molar refractivity (Wildman–Crippen MR) is 114 cm³/mol. The van der Waals surface area contributed by atoms with Crippen LogP contribution in [0.1, 0.15) is 36.2 Å². The number of aliphatic hydroxyl groups is 1. The molecule has 162 valence electrons. The molecule has 1 fully saturated rings. The van der Waals surface area contributed by atoms with E-state index in [0.29, 0.717) is 18.7 Å². The van der Waals surface area contributed by atoms with Gasteiger partial charge in [0.2, 0.25) is 11.8 Å². The van der Waals surface area contributed by atoms with Crippen molar-refractivity contribution in [2.45, 2.75) is 50.9 Å². The maximum absolute atomic E-state index is 13.6. The Morgan fingerprint density at radius 3 is 2.45 bits per heavy atom. The van der Waals surface area contributed by atoms with Crippen molar-refractivity contribution >= 4 is 11.8 Å². The quantitative estimate of drug-likeness (QED) is 0.772. The molecule has 2 aromatic rings. The molecular weight excluding hydrogens is 394 g/mol. The molecule has 31 heavy (non-hydrogen) atoms. The molecule has 0 spiro atoms. The Hall–Kier alpha value is -2.93. The van der Waals surface area contributed by atoms with Crippen LogP contribution in [0.3, 0.4) is 0 Å². The second-order valence-corrected chi connectivity index (χ2v) is 8.82. The number of fused-ring (bicyclic) bond motifs is 5. The van der Waals surface area contributed by atoms with Gasteiger partial charge in [0.15, 0.2) is 0 Å². The third-order valence-corrected chi connectivity index (χ3v) is 7.21. The zero-order valence-corrected chi connectivity index (χ0v) is 17.5. The molecule has 0 radical (unpaired) electrons. The third-order valence-electron chi connectivity index (χ3n) is 7.21. The molecule has 2 aliphatic heterocycles. The summed E-state index contributed by atoms with van der Waals surface area (Å²) >= 11 is 0. The first kappa shape index (κ1) is 20.0. The van der Waals surface area contributed by atoms with E-state index in [1.165, 1.54) is 17.2 Å². The molecule has 0 saturated carbocycles. The van der Waals surface area contributed by atoms with Gasteiger partial charge in [-0.15, -0.1) is 0 Å². The number of aromatic nitrogens is 1. The first-order valence-electron chi connectivity index (χ1n) is 11.0. The molecule has 2 N–H and O–H groups in total. The summed E-state index contributed by atoms with van der Waals surface area (Å²) in [5, 5.41) is 13.4. The van der Waals surface area contributed by atoms with Crippen molar-refractivity contribution in [2.24, 2.45) is 11.8 Å². The highest BCUT2D eigenvalue weighted by Crippen LogP contribution is 2.48. The van der Waals surface area contributed by atoms with Crippen LogP contribution in [0, 0.1) is 11.8 Å². The van der Waals surface area contributed by atoms with Crippen molar-refractivity contribution in [1.29, 1.82) is 0 Å². The number of aliphatic hydroxyl groups excluding tert-OH is 1. The van der Waals surface area contributed by atoms with E-state index in [4.69, 9.17) is 0 Å². The van der Waals surface area contributed by atoms with E-state index in [2.05, 4.69) is 17.4 Å². The van der Waals surface area contributed by atoms with Crippen molar-refractivity contribution in [1.82, 2.24) is 14.8 Å². The molecule has 7 nitrogen and oxygen atoms in total. The Morgan fingerprint density at radius 2 is 1.81 bits per heavy atom. The topological polar surface area (TPSA) is 91.6 Å². The zero-order chi connectivity index (χ0) is 21.7. The van der Waals surface area contributed by atoms with Crippen LogP contribution in [-0.2, 0) is 29.0 Å². The van der Waals surface area contributed by atoms with E-state index < -0.39 is 17.9 Å². The Kier molecular flexibility index (Phi) is 4.93. The van der Waals surface area contributed by atoms with Gasteiger partial charge in [0.25, 0.3) is 5.56 Å². The van der Waals surface area contributed by atoms with Gasteiger partial charge >= 0.3 is 0 Å². The number of carbonyl (C=O) groups excluding carboxylic acids is 2. The fourth-order valence-corrected chi connectivity index (χ4v) is 5.84. The number of carbonyl (C=O) groups is 2. The molecule has 3 aliphatic rings. The monoisotopic (exact) mass is 421 g/mol. The number of rotatable bonds is 4. The lowest BCUT2D eigenvalue weighted by molar-refractivity contribution is -0.136. The normalized spacial score (nSPS) is 26.5. The highest BCUT2D eigenvalue weighted by atomic mass is 16.3. The van der Waals surface area contributed by atoms with Gasteiger partial charge < -0.3 is 19.9 Å². The maximum atomic E-state index is 13.6. The van der Waals surface area contributed by atoms with Gasteiger partial charge in [-0.3, -0.25) is 14.4 Å². The van der Waals surface area contributed by atoms with Gasteiger partial charge in [-0.05, 0) is 30.0 Å². The molecule has 0 unspecified atom stereocenters. The average Bonchev–Trinajstić information content (AvgIpc) is 3.28. The van der Waals surface area contributed by atoms with Crippen molar-refractivity contribution < 1.29 is 14.7 Å². The maximum Gasteiger partial charge on any atom is 0.250 e. The Morgan fingerprint density at radius 1 is 1.10 bits per heavy atom. The molecule has 1 aromatic carbocycles. The first-order valence-corrected chi connectivity index (χ1v) is 11.0. The summed E-state index contributed by atoms with van der Waals surface area (Å²) in [6, 6.07) is 12.3. The van der Waals surface area contributed by atoms with E-state index in [1.807, 2.05) is 18.2 Å². The van der Waals surface area contributed by atoms with Crippen LogP contribution in [-0.4, -0.2) is 45.1 Å². The summed E-state index contributed by atoms with van der Waals surface area (Å²) in [5.74, 6) is -1.21. The van der Waals surface area contributed by atoms with Crippen LogP contribution in [0.5, 0.6) is 0 Å². The smallest absolute Gasteiger partial charge is 0.250 e. The summed E-state index contributed by atoms with van der Waals surface area (Å²) in [5.41, 5.74) is 3.03. The fourth-order valence-electron chi connectivity index (χ4n) is 5.84. The Balaban J connectivity index is 1.49. The van der Waals surface area contributed by atoms with Gasteiger partial charge in [-0.2, -0.15) is 0 Å². The summed E-state index contributed by atoms with van der Waals surface area (Å²) in [7, 11) is 0. The highest BCUT2D eigenvalue weighted by molar-refractivity contribution is 5.84. The lowest BCUT2D eigenvalue weighted by atomic mass is 9.86. The molecule has 1 aliphatic carbocycles. The van der Waals surface area contributed by atoms with E-state index in [9.17, 15) is 19.5 Å². The standard InChI is InChI=1S/C24H27N3O4/c1-2-20(29)27-19-12-26-18(8-5-9-21(26)30)23(27)22(17(19)13-28)24(31)25-16-10-14-6-3-4-7-15(14)11-16/h3-9,16-17,19,22-23,28H,2,10-13H2,1H3,(H,25,31)/t17-,19-,22+,23+/m0/s1. The molecule has 7 heteroatoms. The Labute approximate surface area is 180 Å². The van der Waals surface area contributed by atoms with Gasteiger partial charge in [0.1, 0.15) is 0 Å². The van der Waals surface area contributed by atoms with E-state index >= 15 is 0 Å². The van der Waals surface area contributed by atoms with Crippen LogP contribution in [0.25, 0.3) is 0 Å². The number of nitrogens with zero attached hydrogens (tertiary/aromatic N) is 2. The number of amides is 2. The van der Waals surface area contributed by atoms with Gasteiger partial charge in [-0.25, -0.2) is 0 Å². The molecule has 1 aromatic heterocycles. The first-order chi connectivity index (χ1) is 15.0. The Bertz CT molecular complexity index is 1070. The molecule has 5 rings (SSSR count). The number of hydrogen-bond acceptors (Lipinski definition) is 4. The summed E-state index contributed by atoms with van der Waals surface area (Å²) in [6.07, 6.45) is 1.87. The molecule has 4 atom stereocenters. The molecule has 2 amide bonds. The minimum absolute atomic E-state index is 0.00186. The van der Waals surface area contributed by atoms with Gasteiger partial charge in [0.05, 0.1) is 18.0 Å².